The van der Waals surface area contributed by atoms with Crippen molar-refractivity contribution in [2.45, 2.75) is 38.8 Å². The number of ether oxygens (including phenoxy) is 1. The molecule has 2 aromatic rings. The lowest BCUT2D eigenvalue weighted by Crippen LogP contribution is -2.52. The minimum Gasteiger partial charge on any atom is -0.482 e. The number of benzene rings is 2. The van der Waals surface area contributed by atoms with Gasteiger partial charge in [-0.05, 0) is 32.4 Å². The molecule has 0 heterocycles. The molecule has 0 unspecified atom stereocenters. The van der Waals surface area contributed by atoms with E-state index < -0.39 is 89.8 Å². The van der Waals surface area contributed by atoms with Gasteiger partial charge in [0.25, 0.3) is 0 Å². The molecular weight excluding hydrogens is 553 g/mol. The summed E-state index contributed by atoms with van der Waals surface area (Å²) in [4.78, 5) is 61.0. The van der Waals surface area contributed by atoms with E-state index in [0.29, 0.717) is 11.6 Å². The molecule has 0 aromatic heterocycles. The number of anilines is 1. The molecule has 0 saturated carbocycles. The molecule has 0 bridgehead atoms. The van der Waals surface area contributed by atoms with Crippen LogP contribution in [-0.2, 0) is 24.0 Å². The number of hydrazone groups is 1. The van der Waals surface area contributed by atoms with E-state index in [2.05, 4.69) is 21.1 Å². The van der Waals surface area contributed by atoms with Crippen LogP contribution in [0.2, 0.25) is 0 Å². The van der Waals surface area contributed by atoms with Gasteiger partial charge in [0.15, 0.2) is 17.3 Å². The molecule has 8 N–H and O–H groups in total. The summed E-state index contributed by atoms with van der Waals surface area (Å²) in [7, 11) is 0. The van der Waals surface area contributed by atoms with Crippen LogP contribution in [0.4, 0.5) is 18.9 Å². The van der Waals surface area contributed by atoms with Gasteiger partial charge in [0.05, 0.1) is 6.04 Å². The van der Waals surface area contributed by atoms with Crippen LogP contribution >= 0.6 is 0 Å². The highest BCUT2D eigenvalue weighted by Crippen LogP contribution is 2.27. The zero-order chi connectivity index (χ0) is 30.9. The van der Waals surface area contributed by atoms with Crippen LogP contribution in [-0.4, -0.2) is 59.1 Å². The van der Waals surface area contributed by atoms with Crippen molar-refractivity contribution in [3.63, 3.8) is 0 Å². The molecule has 0 aliphatic carbocycles. The third-order valence-corrected chi connectivity index (χ3v) is 5.57. The third kappa shape index (κ3) is 8.94. The molecule has 0 aliphatic rings. The fourth-order valence-corrected chi connectivity index (χ4v) is 3.30. The monoisotopic (exact) mass is 580 g/mol. The molecule has 41 heavy (non-hydrogen) atoms. The molecule has 0 spiro atoms. The number of carboxylic acid groups (broad SMARTS) is 1. The maximum atomic E-state index is 14.0. The lowest BCUT2D eigenvalue weighted by atomic mass is 10.1. The van der Waals surface area contributed by atoms with Crippen molar-refractivity contribution in [2.75, 3.05) is 11.9 Å². The SMILES string of the molecule is Cc1c(F)cc(F)c(F)c1OCC(=O)[C@H](CCC(=O)O)NC(=O)[C@H](C)NC(=O)C(=O)Nc1cccc(/C(N)=N/N)c1. The Labute approximate surface area is 231 Å². The molecule has 0 saturated heterocycles. The van der Waals surface area contributed by atoms with E-state index in [9.17, 15) is 37.1 Å². The van der Waals surface area contributed by atoms with Crippen molar-refractivity contribution < 1.29 is 47.0 Å². The van der Waals surface area contributed by atoms with Gasteiger partial charge in [-0.15, -0.1) is 0 Å². The summed E-state index contributed by atoms with van der Waals surface area (Å²) in [6.45, 7) is 1.29. The van der Waals surface area contributed by atoms with Crippen molar-refractivity contribution >= 4 is 41.0 Å². The molecule has 2 rings (SSSR count). The number of carbonyl (C=O) groups excluding carboxylic acids is 4. The second-order valence-electron chi connectivity index (χ2n) is 8.60. The number of hydrogen-bond donors (Lipinski definition) is 6. The van der Waals surface area contributed by atoms with Crippen LogP contribution < -0.4 is 32.3 Å². The molecule has 220 valence electrons. The maximum absolute atomic E-state index is 14.0. The second-order valence-corrected chi connectivity index (χ2v) is 8.60. The quantitative estimate of drug-likeness (QED) is 0.0512. The molecule has 2 atom stereocenters. The Bertz CT molecular complexity index is 1360. The molecule has 0 fully saturated rings. The maximum Gasteiger partial charge on any atom is 0.313 e. The van der Waals surface area contributed by atoms with Crippen LogP contribution in [0.25, 0.3) is 0 Å². The van der Waals surface area contributed by atoms with Gasteiger partial charge < -0.3 is 37.4 Å². The Morgan fingerprint density at radius 2 is 1.73 bits per heavy atom. The summed E-state index contributed by atoms with van der Waals surface area (Å²) >= 11 is 0. The van der Waals surface area contributed by atoms with Crippen molar-refractivity contribution in [2.24, 2.45) is 16.7 Å². The fourth-order valence-electron chi connectivity index (χ4n) is 3.30. The largest absolute Gasteiger partial charge is 0.482 e. The van der Waals surface area contributed by atoms with E-state index in [0.717, 1.165) is 6.92 Å². The number of amidine groups is 1. The molecule has 13 nitrogen and oxygen atoms in total. The highest BCUT2D eigenvalue weighted by Gasteiger charge is 2.28. The topological polar surface area (TPSA) is 215 Å². The summed E-state index contributed by atoms with van der Waals surface area (Å²) in [6, 6.07) is 3.29. The van der Waals surface area contributed by atoms with Crippen molar-refractivity contribution in [1.82, 2.24) is 10.6 Å². The zero-order valence-corrected chi connectivity index (χ0v) is 21.8. The van der Waals surface area contributed by atoms with Gasteiger partial charge >= 0.3 is 17.8 Å². The number of nitrogens with two attached hydrogens (primary N) is 2. The molecule has 3 amide bonds. The minimum atomic E-state index is -1.55. The zero-order valence-electron chi connectivity index (χ0n) is 21.8. The predicted molar refractivity (Wildman–Crippen MR) is 138 cm³/mol. The Balaban J connectivity index is 2.05. The third-order valence-electron chi connectivity index (χ3n) is 5.57. The lowest BCUT2D eigenvalue weighted by molar-refractivity contribution is -0.139. The first-order valence-electron chi connectivity index (χ1n) is 11.8. The smallest absolute Gasteiger partial charge is 0.313 e. The molecule has 2 aromatic carbocycles. The summed E-state index contributed by atoms with van der Waals surface area (Å²) < 4.78 is 46.3. The summed E-state index contributed by atoms with van der Waals surface area (Å²) in [6.07, 6.45) is -1.02. The Morgan fingerprint density at radius 3 is 2.37 bits per heavy atom. The number of carbonyl (C=O) groups is 5. The van der Waals surface area contributed by atoms with Gasteiger partial charge in [0, 0.05) is 29.3 Å². The summed E-state index contributed by atoms with van der Waals surface area (Å²) in [5.74, 6) is -5.64. The first-order chi connectivity index (χ1) is 19.2. The Morgan fingerprint density at radius 1 is 1.05 bits per heavy atom. The highest BCUT2D eigenvalue weighted by atomic mass is 19.2. The van der Waals surface area contributed by atoms with Crippen molar-refractivity contribution in [3.8, 4) is 5.75 Å². The number of nitrogens with zero attached hydrogens (tertiary/aromatic N) is 1. The van der Waals surface area contributed by atoms with Gasteiger partial charge in [-0.25, -0.2) is 8.78 Å². The molecular formula is C25H27F3N6O7. The minimum absolute atomic E-state index is 0.0309. The first-order valence-corrected chi connectivity index (χ1v) is 11.8. The molecule has 0 aliphatic heterocycles. The number of hydrogen-bond acceptors (Lipinski definition) is 8. The van der Waals surface area contributed by atoms with Gasteiger partial charge in [0.1, 0.15) is 24.3 Å². The number of rotatable bonds is 12. The van der Waals surface area contributed by atoms with Crippen LogP contribution in [0, 0.1) is 24.4 Å². The van der Waals surface area contributed by atoms with Gasteiger partial charge in [-0.3, -0.25) is 24.0 Å². The Kier molecular flexibility index (Phi) is 11.2. The van der Waals surface area contributed by atoms with Crippen LogP contribution in [0.5, 0.6) is 5.75 Å². The Hall–Kier alpha value is -5.15. The predicted octanol–water partition coefficient (Wildman–Crippen LogP) is 0.432. The van der Waals surface area contributed by atoms with E-state index in [-0.39, 0.29) is 11.5 Å². The summed E-state index contributed by atoms with van der Waals surface area (Å²) in [5.41, 5.74) is 5.71. The van der Waals surface area contributed by atoms with Crippen LogP contribution in [0.15, 0.2) is 35.4 Å². The van der Waals surface area contributed by atoms with Gasteiger partial charge in [-0.1, -0.05) is 12.1 Å². The number of carboxylic acids is 1. The van der Waals surface area contributed by atoms with Crippen molar-refractivity contribution in [3.05, 3.63) is 58.9 Å². The number of amides is 3. The van der Waals surface area contributed by atoms with E-state index in [1.807, 2.05) is 0 Å². The molecule has 0 radical (unpaired) electrons. The highest BCUT2D eigenvalue weighted by molar-refractivity contribution is 6.40. The lowest BCUT2D eigenvalue weighted by Gasteiger charge is -2.21. The average molecular weight is 581 g/mol. The van der Waals surface area contributed by atoms with E-state index in [1.54, 1.807) is 6.07 Å². The standard InChI is InChI=1S/C25H27F3N6O7/c1-11-15(26)9-16(27)20(28)21(11)41-10-18(35)17(6-7-19(36)37)33-23(38)12(2)31-24(39)25(40)32-14-5-3-4-13(8-14)22(29)34-30/h3-5,8-9,12,17H,6-7,10,30H2,1-2H3,(H2,29,34)(H,31,39)(H,32,40)(H,33,38)(H,36,37)/t12-,17-/m0/s1. The van der Waals surface area contributed by atoms with E-state index in [1.165, 1.54) is 25.1 Å². The number of aliphatic carboxylic acids is 1. The number of halogens is 3. The average Bonchev–Trinajstić information content (AvgIpc) is 2.93. The number of ketones is 1. The van der Waals surface area contributed by atoms with Crippen molar-refractivity contribution in [1.29, 1.82) is 0 Å². The van der Waals surface area contributed by atoms with E-state index >= 15 is 0 Å². The van der Waals surface area contributed by atoms with E-state index in [4.69, 9.17) is 21.4 Å². The summed E-state index contributed by atoms with van der Waals surface area (Å²) in [5, 5.41) is 18.9. The molecule has 16 heteroatoms. The van der Waals surface area contributed by atoms with Gasteiger partial charge in [0.2, 0.25) is 11.7 Å². The first kappa shape index (κ1) is 32.1. The number of nitrogens with one attached hydrogen (secondary N) is 3. The van der Waals surface area contributed by atoms with Crippen LogP contribution in [0.3, 0.4) is 0 Å². The van der Waals surface area contributed by atoms with Crippen LogP contribution in [0.1, 0.15) is 30.9 Å². The normalized spacial score (nSPS) is 12.6. The van der Waals surface area contributed by atoms with Gasteiger partial charge in [-0.2, -0.15) is 9.49 Å². The second kappa shape index (κ2) is 14.3. The fraction of sp³-hybridized carbons (Fsp3) is 0.280. The number of Topliss-reactive ketones (excluding diaryl/α,β-unsaturated/α-hetero) is 1.